The molecule has 3 heteroatoms. The van der Waals surface area contributed by atoms with E-state index >= 15 is 0 Å². The summed E-state index contributed by atoms with van der Waals surface area (Å²) in [6.07, 6.45) is 0. The smallest absolute Gasteiger partial charge is 0.221 e. The van der Waals surface area contributed by atoms with Crippen LogP contribution in [0.2, 0.25) is 0 Å². The second kappa shape index (κ2) is 4.34. The minimum absolute atomic E-state index is 0.0221. The summed E-state index contributed by atoms with van der Waals surface area (Å²) < 4.78 is 5.68. The summed E-state index contributed by atoms with van der Waals surface area (Å²) in [7, 11) is 0. The first-order valence-corrected chi connectivity index (χ1v) is 6.68. The van der Waals surface area contributed by atoms with E-state index in [2.05, 4.69) is 58.7 Å². The molecule has 0 fully saturated rings. The van der Waals surface area contributed by atoms with Crippen LogP contribution in [0.15, 0.2) is 16.5 Å². The highest BCUT2D eigenvalue weighted by Crippen LogP contribution is 2.35. The average Bonchev–Trinajstić information content (AvgIpc) is 2.67. The number of hydrogen-bond donors (Lipinski definition) is 1. The number of aromatic nitrogens is 1. The van der Waals surface area contributed by atoms with E-state index < -0.39 is 0 Å². The number of nitrogens with zero attached hydrogens (tertiary/aromatic N) is 1. The Balaban J connectivity index is 2.78. The largest absolute Gasteiger partial charge is 0.438 e. The van der Waals surface area contributed by atoms with Crippen LogP contribution < -0.4 is 0 Å². The highest BCUT2D eigenvalue weighted by molar-refractivity contribution is 5.79. The molecule has 19 heavy (non-hydrogen) atoms. The van der Waals surface area contributed by atoms with Crippen LogP contribution in [-0.2, 0) is 17.4 Å². The van der Waals surface area contributed by atoms with Gasteiger partial charge >= 0.3 is 0 Å². The van der Waals surface area contributed by atoms with E-state index in [9.17, 15) is 5.11 Å². The van der Waals surface area contributed by atoms with Crippen molar-refractivity contribution >= 4 is 11.1 Å². The van der Waals surface area contributed by atoms with Crippen LogP contribution in [0.3, 0.4) is 0 Å². The second-order valence-electron chi connectivity index (χ2n) is 7.14. The van der Waals surface area contributed by atoms with Gasteiger partial charge in [0.2, 0.25) is 5.89 Å². The van der Waals surface area contributed by atoms with Crippen LogP contribution in [0, 0.1) is 0 Å². The summed E-state index contributed by atoms with van der Waals surface area (Å²) in [4.78, 5) is 4.36. The van der Waals surface area contributed by atoms with Gasteiger partial charge in [-0.2, -0.15) is 0 Å². The molecular formula is C16H23NO2. The average molecular weight is 261 g/mol. The third-order valence-corrected chi connectivity index (χ3v) is 3.34. The van der Waals surface area contributed by atoms with Crippen molar-refractivity contribution in [2.45, 2.75) is 59.0 Å². The van der Waals surface area contributed by atoms with Gasteiger partial charge in [0.05, 0.1) is 0 Å². The summed E-state index contributed by atoms with van der Waals surface area (Å²) in [5.74, 6) is 0.381. The molecule has 2 rings (SSSR count). The van der Waals surface area contributed by atoms with Gasteiger partial charge in [-0.1, -0.05) is 47.6 Å². The zero-order valence-electron chi connectivity index (χ0n) is 12.7. The third kappa shape index (κ3) is 2.66. The quantitative estimate of drug-likeness (QED) is 0.846. The number of hydrogen-bond acceptors (Lipinski definition) is 3. The van der Waals surface area contributed by atoms with Gasteiger partial charge in [0.25, 0.3) is 0 Å². The summed E-state index contributed by atoms with van der Waals surface area (Å²) in [6.45, 7) is 12.9. The fraction of sp³-hybridized carbons (Fsp3) is 0.562. The number of fused-ring (bicyclic) bond motifs is 1. The molecule has 0 amide bonds. The minimum Gasteiger partial charge on any atom is -0.438 e. The van der Waals surface area contributed by atoms with Gasteiger partial charge in [0.1, 0.15) is 12.1 Å². The van der Waals surface area contributed by atoms with Crippen molar-refractivity contribution in [3.05, 3.63) is 29.2 Å². The normalized spacial score (nSPS) is 13.2. The van der Waals surface area contributed by atoms with E-state index in [4.69, 9.17) is 4.42 Å². The first kappa shape index (κ1) is 14.1. The highest BCUT2D eigenvalue weighted by atomic mass is 16.4. The van der Waals surface area contributed by atoms with Crippen molar-refractivity contribution in [2.75, 3.05) is 0 Å². The fourth-order valence-electron chi connectivity index (χ4n) is 2.14. The number of benzene rings is 1. The van der Waals surface area contributed by atoms with Gasteiger partial charge in [0, 0.05) is 5.56 Å². The lowest BCUT2D eigenvalue weighted by Crippen LogP contribution is -2.16. The zero-order valence-corrected chi connectivity index (χ0v) is 12.7. The molecule has 1 N–H and O–H groups in total. The molecule has 0 spiro atoms. The fourth-order valence-corrected chi connectivity index (χ4v) is 2.14. The van der Waals surface area contributed by atoms with Crippen molar-refractivity contribution < 1.29 is 9.52 Å². The maximum absolute atomic E-state index is 9.21. The molecule has 0 atom stereocenters. The second-order valence-corrected chi connectivity index (χ2v) is 7.14. The number of rotatable bonds is 1. The third-order valence-electron chi connectivity index (χ3n) is 3.34. The van der Waals surface area contributed by atoms with Crippen molar-refractivity contribution in [2.24, 2.45) is 0 Å². The molecule has 0 radical (unpaired) electrons. The molecular weight excluding hydrogens is 238 g/mol. The number of aliphatic hydroxyl groups excluding tert-OH is 1. The lowest BCUT2D eigenvalue weighted by molar-refractivity contribution is 0.243. The summed E-state index contributed by atoms with van der Waals surface area (Å²) in [6, 6.07) is 4.27. The van der Waals surface area contributed by atoms with Crippen LogP contribution in [-0.4, -0.2) is 10.1 Å². The minimum atomic E-state index is -0.164. The van der Waals surface area contributed by atoms with Crippen molar-refractivity contribution in [1.29, 1.82) is 0 Å². The van der Waals surface area contributed by atoms with Gasteiger partial charge in [-0.15, -0.1) is 0 Å². The topological polar surface area (TPSA) is 46.3 Å². The van der Waals surface area contributed by atoms with Crippen molar-refractivity contribution in [3.8, 4) is 0 Å². The lowest BCUT2D eigenvalue weighted by Gasteiger charge is -2.24. The molecule has 0 bridgehead atoms. The maximum atomic E-state index is 9.21. The molecule has 1 aromatic heterocycles. The number of aliphatic hydroxyl groups is 1. The van der Waals surface area contributed by atoms with E-state index in [-0.39, 0.29) is 17.4 Å². The Morgan fingerprint density at radius 1 is 1.05 bits per heavy atom. The molecule has 0 aliphatic rings. The van der Waals surface area contributed by atoms with Gasteiger partial charge in [-0.25, -0.2) is 4.98 Å². The molecule has 104 valence electrons. The van der Waals surface area contributed by atoms with Crippen LogP contribution in [0.25, 0.3) is 11.1 Å². The molecule has 0 saturated heterocycles. The van der Waals surface area contributed by atoms with Gasteiger partial charge in [0.15, 0.2) is 5.58 Å². The number of oxazole rings is 1. The maximum Gasteiger partial charge on any atom is 0.221 e. The van der Waals surface area contributed by atoms with E-state index in [1.165, 1.54) is 5.56 Å². The first-order valence-electron chi connectivity index (χ1n) is 6.68. The Kier molecular flexibility index (Phi) is 3.21. The Hall–Kier alpha value is -1.35. The van der Waals surface area contributed by atoms with Crippen LogP contribution >= 0.6 is 0 Å². The van der Waals surface area contributed by atoms with Crippen LogP contribution in [0.1, 0.15) is 58.6 Å². The molecule has 1 aromatic carbocycles. The van der Waals surface area contributed by atoms with E-state index in [0.29, 0.717) is 5.89 Å². The monoisotopic (exact) mass is 261 g/mol. The summed E-state index contributed by atoms with van der Waals surface area (Å²) in [5, 5.41) is 9.21. The molecule has 2 aromatic rings. The lowest BCUT2D eigenvalue weighted by atomic mass is 9.80. The van der Waals surface area contributed by atoms with E-state index in [0.717, 1.165) is 16.7 Å². The standard InChI is InChI=1S/C16H23NO2/c1-15(2,3)10-7-11(16(4,5)6)14-12(8-10)17-13(9-18)19-14/h7-8,18H,9H2,1-6H3. The van der Waals surface area contributed by atoms with Gasteiger partial charge < -0.3 is 9.52 Å². The first-order chi connectivity index (χ1) is 8.63. The predicted molar refractivity (Wildman–Crippen MR) is 77.3 cm³/mol. The Morgan fingerprint density at radius 2 is 1.68 bits per heavy atom. The van der Waals surface area contributed by atoms with Crippen LogP contribution in [0.5, 0.6) is 0 Å². The van der Waals surface area contributed by atoms with Gasteiger partial charge in [-0.05, 0) is 22.5 Å². The molecule has 1 heterocycles. The SMILES string of the molecule is CC(C)(C)c1cc(C(C)(C)C)c2oc(CO)nc2c1. The van der Waals surface area contributed by atoms with E-state index in [1.807, 2.05) is 0 Å². The Bertz CT molecular complexity index is 597. The van der Waals surface area contributed by atoms with Gasteiger partial charge in [-0.3, -0.25) is 0 Å². The Morgan fingerprint density at radius 3 is 2.16 bits per heavy atom. The highest BCUT2D eigenvalue weighted by Gasteiger charge is 2.25. The molecule has 0 aliphatic carbocycles. The Labute approximate surface area is 114 Å². The van der Waals surface area contributed by atoms with Crippen molar-refractivity contribution in [3.63, 3.8) is 0 Å². The van der Waals surface area contributed by atoms with Crippen molar-refractivity contribution in [1.82, 2.24) is 4.98 Å². The van der Waals surface area contributed by atoms with E-state index in [1.54, 1.807) is 0 Å². The molecule has 3 nitrogen and oxygen atoms in total. The van der Waals surface area contributed by atoms with Crippen LogP contribution in [0.4, 0.5) is 0 Å². The zero-order chi connectivity index (χ0) is 14.4. The molecule has 0 unspecified atom stereocenters. The summed E-state index contributed by atoms with van der Waals surface area (Å²) in [5.41, 5.74) is 4.05. The predicted octanol–water partition coefficient (Wildman–Crippen LogP) is 3.92. The molecule has 0 aliphatic heterocycles. The summed E-state index contributed by atoms with van der Waals surface area (Å²) >= 11 is 0. The molecule has 0 saturated carbocycles.